The Morgan fingerprint density at radius 1 is 1.16 bits per heavy atom. The minimum absolute atomic E-state index is 0.736. The molecule has 2 heteroatoms. The van der Waals surface area contributed by atoms with Gasteiger partial charge in [0.2, 0.25) is 0 Å². The Labute approximate surface area is 121 Å². The topological polar surface area (TPSA) is 15.3 Å². The summed E-state index contributed by atoms with van der Waals surface area (Å²) in [5.41, 5.74) is 0. The molecule has 0 aromatic rings. The van der Waals surface area contributed by atoms with Gasteiger partial charge in [0.25, 0.3) is 0 Å². The van der Waals surface area contributed by atoms with Gasteiger partial charge < -0.3 is 10.2 Å². The Kier molecular flexibility index (Phi) is 8.72. The summed E-state index contributed by atoms with van der Waals surface area (Å²) < 4.78 is 0. The molecule has 1 saturated carbocycles. The SMILES string of the molecule is CCCNC(CC)CCCN(C)C1CCC(C)CC1. The van der Waals surface area contributed by atoms with E-state index in [0.29, 0.717) is 0 Å². The van der Waals surface area contributed by atoms with Gasteiger partial charge in [-0.1, -0.05) is 20.8 Å². The van der Waals surface area contributed by atoms with Gasteiger partial charge in [-0.3, -0.25) is 0 Å². The van der Waals surface area contributed by atoms with Crippen molar-refractivity contribution in [1.82, 2.24) is 10.2 Å². The van der Waals surface area contributed by atoms with Crippen molar-refractivity contribution in [2.24, 2.45) is 5.92 Å². The van der Waals surface area contributed by atoms with Gasteiger partial charge in [0, 0.05) is 12.1 Å². The van der Waals surface area contributed by atoms with Crippen LogP contribution in [0.15, 0.2) is 0 Å². The van der Waals surface area contributed by atoms with Crippen molar-refractivity contribution in [1.29, 1.82) is 0 Å². The number of hydrogen-bond donors (Lipinski definition) is 1. The summed E-state index contributed by atoms with van der Waals surface area (Å²) in [5, 5.41) is 3.66. The number of nitrogens with one attached hydrogen (secondary N) is 1. The van der Waals surface area contributed by atoms with Crippen LogP contribution in [0.3, 0.4) is 0 Å². The van der Waals surface area contributed by atoms with Crippen LogP contribution in [-0.4, -0.2) is 37.1 Å². The van der Waals surface area contributed by atoms with E-state index in [9.17, 15) is 0 Å². The third kappa shape index (κ3) is 6.76. The van der Waals surface area contributed by atoms with Crippen LogP contribution in [0.2, 0.25) is 0 Å². The quantitative estimate of drug-likeness (QED) is 0.678. The Bertz CT molecular complexity index is 209. The molecule has 1 aliphatic carbocycles. The predicted octanol–water partition coefficient (Wildman–Crippen LogP) is 4.06. The summed E-state index contributed by atoms with van der Waals surface area (Å²) in [6, 6.07) is 1.60. The fourth-order valence-electron chi connectivity index (χ4n) is 3.25. The highest BCUT2D eigenvalue weighted by atomic mass is 15.1. The second-order valence-electron chi connectivity index (χ2n) is 6.60. The van der Waals surface area contributed by atoms with Crippen molar-refractivity contribution >= 4 is 0 Å². The molecule has 0 amide bonds. The van der Waals surface area contributed by atoms with E-state index in [2.05, 4.69) is 38.0 Å². The molecule has 114 valence electrons. The molecule has 0 saturated heterocycles. The standard InChI is InChI=1S/C17H36N2/c1-5-13-18-16(6-2)8-7-14-19(4)17-11-9-15(3)10-12-17/h15-18H,5-14H2,1-4H3. The first kappa shape index (κ1) is 17.0. The Hall–Kier alpha value is -0.0800. The van der Waals surface area contributed by atoms with Crippen LogP contribution in [0.25, 0.3) is 0 Å². The van der Waals surface area contributed by atoms with Gasteiger partial charge in [0.05, 0.1) is 0 Å². The summed E-state index contributed by atoms with van der Waals surface area (Å²) in [5.74, 6) is 0.965. The molecule has 0 spiro atoms. The van der Waals surface area contributed by atoms with Gasteiger partial charge in [0.15, 0.2) is 0 Å². The van der Waals surface area contributed by atoms with Crippen molar-refractivity contribution < 1.29 is 0 Å². The molecule has 19 heavy (non-hydrogen) atoms. The lowest BCUT2D eigenvalue weighted by atomic mass is 9.86. The molecule has 1 unspecified atom stereocenters. The van der Waals surface area contributed by atoms with Gasteiger partial charge in [-0.15, -0.1) is 0 Å². The van der Waals surface area contributed by atoms with Gasteiger partial charge in [-0.05, 0) is 77.4 Å². The lowest BCUT2D eigenvalue weighted by Crippen LogP contribution is -2.36. The van der Waals surface area contributed by atoms with Gasteiger partial charge in [-0.2, -0.15) is 0 Å². The zero-order valence-electron chi connectivity index (χ0n) is 13.8. The molecular formula is C17H36N2. The fourth-order valence-corrected chi connectivity index (χ4v) is 3.25. The van der Waals surface area contributed by atoms with Crippen LogP contribution in [0.1, 0.15) is 72.1 Å². The van der Waals surface area contributed by atoms with E-state index in [4.69, 9.17) is 0 Å². The van der Waals surface area contributed by atoms with E-state index in [1.54, 1.807) is 0 Å². The lowest BCUT2D eigenvalue weighted by molar-refractivity contribution is 0.166. The van der Waals surface area contributed by atoms with Crippen LogP contribution in [0.5, 0.6) is 0 Å². The van der Waals surface area contributed by atoms with E-state index >= 15 is 0 Å². The largest absolute Gasteiger partial charge is 0.314 e. The van der Waals surface area contributed by atoms with Crippen molar-refractivity contribution in [2.75, 3.05) is 20.1 Å². The normalized spacial score (nSPS) is 25.7. The van der Waals surface area contributed by atoms with Crippen molar-refractivity contribution in [3.8, 4) is 0 Å². The highest BCUT2D eigenvalue weighted by Gasteiger charge is 2.21. The molecule has 1 aliphatic rings. The Balaban J connectivity index is 2.13. The van der Waals surface area contributed by atoms with Crippen molar-refractivity contribution in [2.45, 2.75) is 84.2 Å². The van der Waals surface area contributed by atoms with E-state index < -0.39 is 0 Å². The second kappa shape index (κ2) is 9.77. The Morgan fingerprint density at radius 3 is 2.42 bits per heavy atom. The summed E-state index contributed by atoms with van der Waals surface area (Å²) in [6.07, 6.45) is 10.9. The molecule has 0 aromatic heterocycles. The number of rotatable bonds is 9. The first-order chi connectivity index (χ1) is 9.17. The molecule has 0 aromatic carbocycles. The summed E-state index contributed by atoms with van der Waals surface area (Å²) in [4.78, 5) is 2.62. The molecule has 1 fully saturated rings. The average Bonchev–Trinajstić information content (AvgIpc) is 2.43. The fraction of sp³-hybridized carbons (Fsp3) is 1.00. The van der Waals surface area contributed by atoms with Crippen molar-refractivity contribution in [3.63, 3.8) is 0 Å². The summed E-state index contributed by atoms with van der Waals surface area (Å²) in [6.45, 7) is 9.41. The maximum atomic E-state index is 3.66. The predicted molar refractivity (Wildman–Crippen MR) is 85.7 cm³/mol. The van der Waals surface area contributed by atoms with Crippen LogP contribution in [-0.2, 0) is 0 Å². The maximum absolute atomic E-state index is 3.66. The van der Waals surface area contributed by atoms with E-state index in [1.807, 2.05) is 0 Å². The Morgan fingerprint density at radius 2 is 1.84 bits per heavy atom. The minimum atomic E-state index is 0.736. The minimum Gasteiger partial charge on any atom is -0.314 e. The first-order valence-corrected chi connectivity index (χ1v) is 8.60. The third-order valence-corrected chi connectivity index (χ3v) is 4.85. The van der Waals surface area contributed by atoms with E-state index in [1.165, 1.54) is 64.5 Å². The first-order valence-electron chi connectivity index (χ1n) is 8.60. The second-order valence-corrected chi connectivity index (χ2v) is 6.60. The highest BCUT2D eigenvalue weighted by Crippen LogP contribution is 2.26. The van der Waals surface area contributed by atoms with Crippen LogP contribution in [0.4, 0.5) is 0 Å². The average molecular weight is 268 g/mol. The molecular weight excluding hydrogens is 232 g/mol. The third-order valence-electron chi connectivity index (χ3n) is 4.85. The zero-order valence-corrected chi connectivity index (χ0v) is 13.8. The van der Waals surface area contributed by atoms with Crippen LogP contribution >= 0.6 is 0 Å². The lowest BCUT2D eigenvalue weighted by Gasteiger charge is -2.33. The summed E-state index contributed by atoms with van der Waals surface area (Å²) >= 11 is 0. The van der Waals surface area contributed by atoms with Crippen molar-refractivity contribution in [3.05, 3.63) is 0 Å². The van der Waals surface area contributed by atoms with Gasteiger partial charge >= 0.3 is 0 Å². The zero-order chi connectivity index (χ0) is 14.1. The smallest absolute Gasteiger partial charge is 0.00924 e. The molecule has 1 atom stereocenters. The van der Waals surface area contributed by atoms with E-state index in [-0.39, 0.29) is 0 Å². The van der Waals surface area contributed by atoms with E-state index in [0.717, 1.165) is 18.0 Å². The maximum Gasteiger partial charge on any atom is 0.00924 e. The monoisotopic (exact) mass is 268 g/mol. The molecule has 2 nitrogen and oxygen atoms in total. The van der Waals surface area contributed by atoms with Crippen LogP contribution < -0.4 is 5.32 Å². The molecule has 1 rings (SSSR count). The highest BCUT2D eigenvalue weighted by molar-refractivity contribution is 4.77. The number of hydrogen-bond acceptors (Lipinski definition) is 2. The van der Waals surface area contributed by atoms with Crippen LogP contribution in [0, 0.1) is 5.92 Å². The molecule has 1 N–H and O–H groups in total. The van der Waals surface area contributed by atoms with Gasteiger partial charge in [-0.25, -0.2) is 0 Å². The molecule has 0 radical (unpaired) electrons. The molecule has 0 heterocycles. The molecule has 0 aliphatic heterocycles. The van der Waals surface area contributed by atoms with Gasteiger partial charge in [0.1, 0.15) is 0 Å². The summed E-state index contributed by atoms with van der Waals surface area (Å²) in [7, 11) is 2.33. The molecule has 0 bridgehead atoms. The number of nitrogens with zero attached hydrogens (tertiary/aromatic N) is 1.